The summed E-state index contributed by atoms with van der Waals surface area (Å²) in [6.07, 6.45) is 7.86. The Morgan fingerprint density at radius 3 is 2.77 bits per heavy atom. The van der Waals surface area contributed by atoms with Gasteiger partial charge in [0, 0.05) is 45.2 Å². The van der Waals surface area contributed by atoms with E-state index in [9.17, 15) is 4.79 Å². The molecule has 1 aliphatic rings. The Hall–Kier alpha value is -3.12. The van der Waals surface area contributed by atoms with Crippen LogP contribution in [0.2, 0.25) is 0 Å². The summed E-state index contributed by atoms with van der Waals surface area (Å²) >= 11 is 0. The molecule has 1 unspecified atom stereocenters. The van der Waals surface area contributed by atoms with Gasteiger partial charge in [-0.05, 0) is 42.0 Å². The lowest BCUT2D eigenvalue weighted by Gasteiger charge is -2.24. The van der Waals surface area contributed by atoms with Crippen molar-refractivity contribution in [3.63, 3.8) is 0 Å². The van der Waals surface area contributed by atoms with Crippen LogP contribution in [0.1, 0.15) is 30.9 Å². The molecule has 0 spiro atoms. The fraction of sp³-hybridized carbons (Fsp3) is 0.360. The summed E-state index contributed by atoms with van der Waals surface area (Å²) in [5, 5.41) is 3.10. The lowest BCUT2D eigenvalue weighted by atomic mass is 9.98. The number of urea groups is 1. The van der Waals surface area contributed by atoms with Gasteiger partial charge in [0.1, 0.15) is 0 Å². The van der Waals surface area contributed by atoms with Gasteiger partial charge in [-0.3, -0.25) is 0 Å². The Bertz CT molecular complexity index is 963. The first-order valence-corrected chi connectivity index (χ1v) is 11.0. The number of carbonyl (C=O) groups excluding carboxylic acids is 1. The van der Waals surface area contributed by atoms with Crippen LogP contribution in [0, 0.1) is 0 Å². The third-order valence-corrected chi connectivity index (χ3v) is 5.75. The molecule has 0 aliphatic carbocycles. The predicted octanol–water partition coefficient (Wildman–Crippen LogP) is 4.31. The van der Waals surface area contributed by atoms with Crippen LogP contribution in [0.5, 0.6) is 0 Å². The second-order valence-electron chi connectivity index (χ2n) is 7.92. The second-order valence-corrected chi connectivity index (χ2v) is 7.92. The van der Waals surface area contributed by atoms with Crippen LogP contribution in [0.3, 0.4) is 0 Å². The highest BCUT2D eigenvalue weighted by molar-refractivity contribution is 5.75. The lowest BCUT2D eigenvalue weighted by molar-refractivity contribution is 0.0826. The fourth-order valence-electron chi connectivity index (χ4n) is 4.01. The Kier molecular flexibility index (Phi) is 6.99. The fourth-order valence-corrected chi connectivity index (χ4v) is 4.01. The summed E-state index contributed by atoms with van der Waals surface area (Å²) in [5.74, 6) is 0. The number of benzene rings is 2. The maximum absolute atomic E-state index is 12.7. The first kappa shape index (κ1) is 21.1. The van der Waals surface area contributed by atoms with Gasteiger partial charge in [-0.2, -0.15) is 0 Å². The Morgan fingerprint density at radius 2 is 2.06 bits per heavy atom. The first-order valence-electron chi connectivity index (χ1n) is 11.0. The van der Waals surface area contributed by atoms with Gasteiger partial charge < -0.3 is 19.5 Å². The number of imidazole rings is 1. The van der Waals surface area contributed by atoms with Crippen LogP contribution < -0.4 is 5.32 Å². The van der Waals surface area contributed by atoms with Crippen LogP contribution in [0.4, 0.5) is 4.79 Å². The predicted molar refractivity (Wildman–Crippen MR) is 122 cm³/mol. The maximum Gasteiger partial charge on any atom is 0.317 e. The van der Waals surface area contributed by atoms with Gasteiger partial charge in [-0.1, -0.05) is 48.5 Å². The van der Waals surface area contributed by atoms with Crippen molar-refractivity contribution in [1.29, 1.82) is 0 Å². The summed E-state index contributed by atoms with van der Waals surface area (Å²) in [4.78, 5) is 18.7. The largest absolute Gasteiger partial charge is 0.376 e. The number of rotatable bonds is 8. The molecule has 1 aromatic heterocycles. The molecule has 0 radical (unpaired) electrons. The summed E-state index contributed by atoms with van der Waals surface area (Å²) < 4.78 is 7.74. The molecule has 4 rings (SSSR count). The summed E-state index contributed by atoms with van der Waals surface area (Å²) in [6, 6.07) is 16.8. The third-order valence-electron chi connectivity index (χ3n) is 5.75. The smallest absolute Gasteiger partial charge is 0.317 e. The zero-order valence-electron chi connectivity index (χ0n) is 18.0. The van der Waals surface area contributed by atoms with Gasteiger partial charge in [-0.15, -0.1) is 0 Å². The molecular formula is C25H30N4O2. The molecule has 0 saturated carbocycles. The Labute approximate surface area is 183 Å². The van der Waals surface area contributed by atoms with E-state index in [1.807, 2.05) is 36.5 Å². The van der Waals surface area contributed by atoms with E-state index in [0.29, 0.717) is 19.6 Å². The van der Waals surface area contributed by atoms with Crippen LogP contribution in [0.15, 0.2) is 67.3 Å². The van der Waals surface area contributed by atoms with Crippen LogP contribution >= 0.6 is 0 Å². The molecule has 31 heavy (non-hydrogen) atoms. The first-order chi connectivity index (χ1) is 15.2. The van der Waals surface area contributed by atoms with Gasteiger partial charge in [0.05, 0.1) is 12.4 Å². The average molecular weight is 419 g/mol. The molecule has 6 nitrogen and oxygen atoms in total. The monoisotopic (exact) mass is 418 g/mol. The maximum atomic E-state index is 12.7. The molecule has 2 aromatic carbocycles. The van der Waals surface area contributed by atoms with Crippen molar-refractivity contribution in [1.82, 2.24) is 19.8 Å². The number of nitrogens with one attached hydrogen (secondary N) is 1. The van der Waals surface area contributed by atoms with E-state index in [0.717, 1.165) is 42.7 Å². The van der Waals surface area contributed by atoms with Crippen molar-refractivity contribution in [2.45, 2.75) is 39.0 Å². The Balaban J connectivity index is 1.40. The zero-order valence-corrected chi connectivity index (χ0v) is 18.0. The molecular weight excluding hydrogens is 388 g/mol. The standard InChI is InChI=1S/C25H30N4O2/c1-2-29(18-23-7-5-15-31-23)25(30)27-16-22-6-3-4-8-24(22)21-11-9-20(10-12-21)17-28-14-13-26-19-28/h3-4,6,8-14,19,23H,2,5,7,15-18H2,1H3,(H,27,30). The minimum atomic E-state index is -0.0384. The quantitative estimate of drug-likeness (QED) is 0.593. The van der Waals surface area contributed by atoms with Gasteiger partial charge in [0.2, 0.25) is 0 Å². The highest BCUT2D eigenvalue weighted by Crippen LogP contribution is 2.24. The van der Waals surface area contributed by atoms with Gasteiger partial charge in [0.25, 0.3) is 0 Å². The number of hydrogen-bond donors (Lipinski definition) is 1. The minimum Gasteiger partial charge on any atom is -0.376 e. The van der Waals surface area contributed by atoms with Crippen molar-refractivity contribution < 1.29 is 9.53 Å². The molecule has 3 aromatic rings. The van der Waals surface area contributed by atoms with Crippen molar-refractivity contribution in [3.05, 3.63) is 78.4 Å². The number of aromatic nitrogens is 2. The van der Waals surface area contributed by atoms with Gasteiger partial charge in [0.15, 0.2) is 0 Å². The van der Waals surface area contributed by atoms with Crippen LogP contribution in [0.25, 0.3) is 11.1 Å². The molecule has 1 saturated heterocycles. The van der Waals surface area contributed by atoms with Crippen LogP contribution in [-0.2, 0) is 17.8 Å². The SMILES string of the molecule is CCN(CC1CCCO1)C(=O)NCc1ccccc1-c1ccc(Cn2ccnc2)cc1. The van der Waals surface area contributed by atoms with Crippen molar-refractivity contribution in [2.75, 3.05) is 19.7 Å². The van der Waals surface area contributed by atoms with Crippen molar-refractivity contribution >= 4 is 6.03 Å². The molecule has 1 N–H and O–H groups in total. The Morgan fingerprint density at radius 1 is 1.23 bits per heavy atom. The highest BCUT2D eigenvalue weighted by Gasteiger charge is 2.21. The molecule has 1 fully saturated rings. The summed E-state index contributed by atoms with van der Waals surface area (Å²) in [6.45, 7) is 5.43. The van der Waals surface area contributed by atoms with E-state index in [1.54, 1.807) is 6.20 Å². The van der Waals surface area contributed by atoms with Crippen LogP contribution in [-0.4, -0.2) is 46.3 Å². The highest BCUT2D eigenvalue weighted by atomic mass is 16.5. The second kappa shape index (κ2) is 10.3. The number of ether oxygens (including phenoxy) is 1. The molecule has 162 valence electrons. The van der Waals surface area contributed by atoms with E-state index in [4.69, 9.17) is 4.74 Å². The van der Waals surface area contributed by atoms with Gasteiger partial charge >= 0.3 is 6.03 Å². The van der Waals surface area contributed by atoms with E-state index in [1.165, 1.54) is 5.56 Å². The average Bonchev–Trinajstić information content (AvgIpc) is 3.51. The van der Waals surface area contributed by atoms with E-state index < -0.39 is 0 Å². The molecule has 2 amide bonds. The normalized spacial score (nSPS) is 15.7. The molecule has 2 heterocycles. The topological polar surface area (TPSA) is 59.4 Å². The van der Waals surface area contributed by atoms with Crippen molar-refractivity contribution in [3.8, 4) is 11.1 Å². The van der Waals surface area contributed by atoms with E-state index in [2.05, 4.69) is 51.3 Å². The van der Waals surface area contributed by atoms with Crippen molar-refractivity contribution in [2.24, 2.45) is 0 Å². The lowest BCUT2D eigenvalue weighted by Crippen LogP contribution is -2.43. The third kappa shape index (κ3) is 5.52. The zero-order chi connectivity index (χ0) is 21.5. The molecule has 0 bridgehead atoms. The van der Waals surface area contributed by atoms with E-state index >= 15 is 0 Å². The summed E-state index contributed by atoms with van der Waals surface area (Å²) in [5.41, 5.74) is 4.61. The summed E-state index contributed by atoms with van der Waals surface area (Å²) in [7, 11) is 0. The number of likely N-dealkylation sites (N-methyl/N-ethyl adjacent to an activating group) is 1. The van der Waals surface area contributed by atoms with Gasteiger partial charge in [-0.25, -0.2) is 9.78 Å². The molecule has 6 heteroatoms. The molecule has 1 atom stereocenters. The number of amides is 2. The minimum absolute atomic E-state index is 0.0384. The number of hydrogen-bond acceptors (Lipinski definition) is 3. The van der Waals surface area contributed by atoms with E-state index in [-0.39, 0.29) is 12.1 Å². The molecule has 1 aliphatic heterocycles. The number of nitrogens with zero attached hydrogens (tertiary/aromatic N) is 3. The number of carbonyl (C=O) groups is 1.